The number of nitrogens with one attached hydrogen (secondary N) is 1. The molecule has 0 amide bonds. The molecule has 1 fully saturated rings. The number of piperazine rings is 1. The van der Waals surface area contributed by atoms with Crippen LogP contribution in [-0.4, -0.2) is 51.3 Å². The minimum Gasteiger partial charge on any atom is -0.493 e. The summed E-state index contributed by atoms with van der Waals surface area (Å²) in [4.78, 5) is 2.64. The maximum absolute atomic E-state index is 5.43. The zero-order chi connectivity index (χ0) is 20.3. The van der Waals surface area contributed by atoms with Gasteiger partial charge in [0, 0.05) is 25.7 Å². The van der Waals surface area contributed by atoms with E-state index in [9.17, 15) is 0 Å². The van der Waals surface area contributed by atoms with Gasteiger partial charge in [0.25, 0.3) is 0 Å². The van der Waals surface area contributed by atoms with Crippen LogP contribution in [0.25, 0.3) is 0 Å². The third kappa shape index (κ3) is 7.06. The number of benzene rings is 2. The van der Waals surface area contributed by atoms with Gasteiger partial charge in [-0.1, -0.05) is 42.8 Å². The van der Waals surface area contributed by atoms with E-state index in [4.69, 9.17) is 9.47 Å². The van der Waals surface area contributed by atoms with Gasteiger partial charge in [0.15, 0.2) is 11.5 Å². The lowest BCUT2D eigenvalue weighted by Crippen LogP contribution is -2.50. The maximum Gasteiger partial charge on any atom is 0.160 e. The lowest BCUT2D eigenvalue weighted by Gasteiger charge is -2.34. The summed E-state index contributed by atoms with van der Waals surface area (Å²) in [5.41, 5.74) is 2.77. The van der Waals surface area contributed by atoms with Crippen LogP contribution in [0.3, 0.4) is 0 Å². The number of ether oxygens (including phenoxy) is 2. The fourth-order valence-electron chi connectivity index (χ4n) is 4.15. The molecule has 1 atom stereocenters. The topological polar surface area (TPSA) is 33.7 Å². The molecule has 0 bridgehead atoms. The summed E-state index contributed by atoms with van der Waals surface area (Å²) in [6.07, 6.45) is 7.32. The Morgan fingerprint density at radius 1 is 0.897 bits per heavy atom. The van der Waals surface area contributed by atoms with E-state index in [0.29, 0.717) is 6.04 Å². The first-order valence-corrected chi connectivity index (χ1v) is 11.0. The third-order valence-electron chi connectivity index (χ3n) is 5.85. The van der Waals surface area contributed by atoms with E-state index in [1.165, 1.54) is 49.9 Å². The molecule has 2 aromatic carbocycles. The minimum atomic E-state index is 0.571. The summed E-state index contributed by atoms with van der Waals surface area (Å²) in [5.74, 6) is 1.62. The van der Waals surface area contributed by atoms with Crippen LogP contribution in [0.15, 0.2) is 48.5 Å². The molecule has 1 saturated heterocycles. The standard InChI is InChI=1S/C25H36N2O2/c1-28-24-15-13-22(19-25(24)29-2)12-14-23-20-27(18-16-26-23)17-8-4-7-11-21-9-5-3-6-10-21/h3,5-6,9-10,13,15,19,23,26H,4,7-8,11-12,14,16-18,20H2,1-2H3. The first kappa shape index (κ1) is 21.7. The van der Waals surface area contributed by atoms with Crippen molar-refractivity contribution in [2.45, 2.75) is 44.6 Å². The van der Waals surface area contributed by atoms with Crippen LogP contribution in [-0.2, 0) is 12.8 Å². The highest BCUT2D eigenvalue weighted by molar-refractivity contribution is 5.42. The van der Waals surface area contributed by atoms with Crippen LogP contribution in [0.1, 0.15) is 36.8 Å². The number of rotatable bonds is 11. The monoisotopic (exact) mass is 396 g/mol. The van der Waals surface area contributed by atoms with E-state index >= 15 is 0 Å². The highest BCUT2D eigenvalue weighted by Gasteiger charge is 2.18. The smallest absolute Gasteiger partial charge is 0.160 e. The molecular formula is C25H36N2O2. The van der Waals surface area contributed by atoms with E-state index in [1.807, 2.05) is 6.07 Å². The molecule has 0 saturated carbocycles. The van der Waals surface area contributed by atoms with Gasteiger partial charge in [-0.2, -0.15) is 0 Å². The van der Waals surface area contributed by atoms with Crippen molar-refractivity contribution in [2.75, 3.05) is 40.4 Å². The molecule has 0 aromatic heterocycles. The Bertz CT molecular complexity index is 720. The highest BCUT2D eigenvalue weighted by Crippen LogP contribution is 2.28. The quantitative estimate of drug-likeness (QED) is 0.574. The van der Waals surface area contributed by atoms with Crippen molar-refractivity contribution in [2.24, 2.45) is 0 Å². The molecule has 3 rings (SSSR count). The Morgan fingerprint density at radius 3 is 2.52 bits per heavy atom. The van der Waals surface area contributed by atoms with Gasteiger partial charge in [-0.3, -0.25) is 0 Å². The summed E-state index contributed by atoms with van der Waals surface area (Å²) in [7, 11) is 3.38. The molecule has 0 aliphatic carbocycles. The van der Waals surface area contributed by atoms with Crippen LogP contribution in [0.4, 0.5) is 0 Å². The summed E-state index contributed by atoms with van der Waals surface area (Å²) in [6.45, 7) is 4.65. The normalized spacial score (nSPS) is 17.2. The molecular weight excluding hydrogens is 360 g/mol. The zero-order valence-electron chi connectivity index (χ0n) is 18.0. The Labute approximate surface area is 176 Å². The van der Waals surface area contributed by atoms with Gasteiger partial charge in [0.2, 0.25) is 0 Å². The SMILES string of the molecule is COc1ccc(CCC2CN(CCCCCc3ccccc3)CCN2)cc1OC. The zero-order valence-corrected chi connectivity index (χ0v) is 18.0. The van der Waals surface area contributed by atoms with E-state index in [-0.39, 0.29) is 0 Å². The molecule has 2 aromatic rings. The van der Waals surface area contributed by atoms with Crippen molar-refractivity contribution in [1.82, 2.24) is 10.2 Å². The molecule has 1 aliphatic heterocycles. The number of hydrogen-bond donors (Lipinski definition) is 1. The molecule has 4 heteroatoms. The van der Waals surface area contributed by atoms with Crippen molar-refractivity contribution < 1.29 is 9.47 Å². The lowest BCUT2D eigenvalue weighted by molar-refractivity contribution is 0.191. The van der Waals surface area contributed by atoms with Gasteiger partial charge in [-0.05, 0) is 61.9 Å². The predicted octanol–water partition coefficient (Wildman–Crippen LogP) is 4.32. The molecule has 1 N–H and O–H groups in total. The first-order chi connectivity index (χ1) is 14.3. The van der Waals surface area contributed by atoms with Crippen LogP contribution < -0.4 is 14.8 Å². The van der Waals surface area contributed by atoms with Crippen LogP contribution in [0, 0.1) is 0 Å². The largest absolute Gasteiger partial charge is 0.493 e. The average Bonchev–Trinajstić information content (AvgIpc) is 2.78. The van der Waals surface area contributed by atoms with E-state index < -0.39 is 0 Å². The molecule has 0 spiro atoms. The molecule has 1 heterocycles. The third-order valence-corrected chi connectivity index (χ3v) is 5.85. The van der Waals surface area contributed by atoms with Gasteiger partial charge >= 0.3 is 0 Å². The van der Waals surface area contributed by atoms with E-state index in [2.05, 4.69) is 52.7 Å². The van der Waals surface area contributed by atoms with Gasteiger partial charge in [-0.15, -0.1) is 0 Å². The highest BCUT2D eigenvalue weighted by atomic mass is 16.5. The van der Waals surface area contributed by atoms with Crippen LogP contribution in [0.2, 0.25) is 0 Å². The second-order valence-electron chi connectivity index (χ2n) is 7.98. The fraction of sp³-hybridized carbons (Fsp3) is 0.520. The lowest BCUT2D eigenvalue weighted by atomic mass is 10.0. The van der Waals surface area contributed by atoms with Crippen molar-refractivity contribution >= 4 is 0 Å². The van der Waals surface area contributed by atoms with E-state index in [1.54, 1.807) is 14.2 Å². The number of hydrogen-bond acceptors (Lipinski definition) is 4. The van der Waals surface area contributed by atoms with Gasteiger partial charge in [0.1, 0.15) is 0 Å². The number of aryl methyl sites for hydroxylation is 2. The van der Waals surface area contributed by atoms with Crippen molar-refractivity contribution in [3.63, 3.8) is 0 Å². The minimum absolute atomic E-state index is 0.571. The number of unbranched alkanes of at least 4 members (excludes halogenated alkanes) is 2. The Morgan fingerprint density at radius 2 is 1.72 bits per heavy atom. The molecule has 1 unspecified atom stereocenters. The summed E-state index contributed by atoms with van der Waals surface area (Å²) >= 11 is 0. The summed E-state index contributed by atoms with van der Waals surface area (Å²) in [5, 5.41) is 3.70. The van der Waals surface area contributed by atoms with Crippen molar-refractivity contribution in [1.29, 1.82) is 0 Å². The Kier molecular flexibility index (Phi) is 8.84. The summed E-state index contributed by atoms with van der Waals surface area (Å²) in [6, 6.07) is 17.7. The predicted molar refractivity (Wildman–Crippen MR) is 120 cm³/mol. The van der Waals surface area contributed by atoms with Gasteiger partial charge in [-0.25, -0.2) is 0 Å². The second kappa shape index (κ2) is 11.8. The van der Waals surface area contributed by atoms with Gasteiger partial charge in [0.05, 0.1) is 14.2 Å². The molecule has 1 aliphatic rings. The van der Waals surface area contributed by atoms with Crippen LogP contribution >= 0.6 is 0 Å². The second-order valence-corrected chi connectivity index (χ2v) is 7.98. The Hall–Kier alpha value is -2.04. The molecule has 0 radical (unpaired) electrons. The number of methoxy groups -OCH3 is 2. The van der Waals surface area contributed by atoms with Gasteiger partial charge < -0.3 is 19.7 Å². The fourth-order valence-corrected chi connectivity index (χ4v) is 4.15. The average molecular weight is 397 g/mol. The number of nitrogens with zero attached hydrogens (tertiary/aromatic N) is 1. The van der Waals surface area contributed by atoms with Crippen molar-refractivity contribution in [3.05, 3.63) is 59.7 Å². The maximum atomic E-state index is 5.43. The summed E-state index contributed by atoms with van der Waals surface area (Å²) < 4.78 is 10.8. The Balaban J connectivity index is 1.35. The first-order valence-electron chi connectivity index (χ1n) is 11.0. The molecule has 158 valence electrons. The molecule has 29 heavy (non-hydrogen) atoms. The van der Waals surface area contributed by atoms with E-state index in [0.717, 1.165) is 37.4 Å². The van der Waals surface area contributed by atoms with Crippen molar-refractivity contribution in [3.8, 4) is 11.5 Å². The molecule has 4 nitrogen and oxygen atoms in total. The van der Waals surface area contributed by atoms with Crippen LogP contribution in [0.5, 0.6) is 11.5 Å².